The first-order valence-electron chi connectivity index (χ1n) is 13.7. The van der Waals surface area contributed by atoms with Gasteiger partial charge >= 0.3 is 6.09 Å². The molecule has 228 valence electrons. The van der Waals surface area contributed by atoms with Crippen molar-refractivity contribution in [2.24, 2.45) is 0 Å². The number of hydrogen-bond donors (Lipinski definition) is 2. The van der Waals surface area contributed by atoms with Crippen LogP contribution >= 0.6 is 0 Å². The highest BCUT2D eigenvalue weighted by Crippen LogP contribution is 2.38. The van der Waals surface area contributed by atoms with Gasteiger partial charge in [0.05, 0.1) is 36.3 Å². The summed E-state index contributed by atoms with van der Waals surface area (Å²) in [4.78, 5) is 41.1. The van der Waals surface area contributed by atoms with Crippen molar-refractivity contribution in [2.45, 2.75) is 45.8 Å². The lowest BCUT2D eigenvalue weighted by atomic mass is 9.97. The molecule has 43 heavy (non-hydrogen) atoms. The third-order valence-electron chi connectivity index (χ3n) is 6.53. The maximum absolute atomic E-state index is 13.0. The summed E-state index contributed by atoms with van der Waals surface area (Å²) in [5.74, 6) is 0.211. The van der Waals surface area contributed by atoms with Crippen molar-refractivity contribution in [2.75, 3.05) is 20.3 Å². The van der Waals surface area contributed by atoms with E-state index in [1.54, 1.807) is 0 Å². The fraction of sp³-hybridized carbons (Fsp3) is 0.312. The molecule has 0 fully saturated rings. The normalized spacial score (nSPS) is 11.4. The van der Waals surface area contributed by atoms with Crippen LogP contribution < -0.4 is 20.3 Å². The average Bonchev–Trinajstić information content (AvgIpc) is 3.00. The van der Waals surface area contributed by atoms with Crippen molar-refractivity contribution in [1.29, 1.82) is 0 Å². The van der Waals surface area contributed by atoms with E-state index in [2.05, 4.69) is 17.4 Å². The van der Waals surface area contributed by atoms with Gasteiger partial charge in [-0.2, -0.15) is 5.48 Å². The summed E-state index contributed by atoms with van der Waals surface area (Å²) in [5, 5.41) is 14.9. The molecule has 1 atom stereocenters. The van der Waals surface area contributed by atoms with E-state index in [1.165, 1.54) is 32.2 Å². The number of rotatable bonds is 15. The minimum absolute atomic E-state index is 0.0225. The van der Waals surface area contributed by atoms with Gasteiger partial charge < -0.3 is 19.5 Å². The van der Waals surface area contributed by atoms with Gasteiger partial charge in [-0.25, -0.2) is 4.79 Å². The van der Waals surface area contributed by atoms with Crippen LogP contribution in [0.4, 0.5) is 10.5 Å². The first-order valence-corrected chi connectivity index (χ1v) is 13.7. The molecule has 1 unspecified atom stereocenters. The van der Waals surface area contributed by atoms with Gasteiger partial charge in [-0.3, -0.25) is 19.7 Å². The highest BCUT2D eigenvalue weighted by molar-refractivity contribution is 5.77. The summed E-state index contributed by atoms with van der Waals surface area (Å²) in [5.41, 5.74) is 6.14. The predicted octanol–water partition coefficient (Wildman–Crippen LogP) is 6.19. The molecule has 0 aliphatic heterocycles. The van der Waals surface area contributed by atoms with Gasteiger partial charge in [0.25, 0.3) is 5.69 Å². The van der Waals surface area contributed by atoms with Crippen LogP contribution in [-0.4, -0.2) is 37.2 Å². The van der Waals surface area contributed by atoms with Crippen molar-refractivity contribution in [3.05, 3.63) is 111 Å². The van der Waals surface area contributed by atoms with Crippen LogP contribution in [0.3, 0.4) is 0 Å². The van der Waals surface area contributed by atoms with Crippen LogP contribution in [0, 0.1) is 24.0 Å². The molecule has 11 heteroatoms. The Morgan fingerprint density at radius 2 is 1.60 bits per heavy atom. The highest BCUT2D eigenvalue weighted by Gasteiger charge is 2.25. The molecular weight excluding hydrogens is 554 g/mol. The van der Waals surface area contributed by atoms with Crippen LogP contribution in [0.5, 0.6) is 11.5 Å². The molecule has 0 aliphatic rings. The predicted molar refractivity (Wildman–Crippen MR) is 161 cm³/mol. The quantitative estimate of drug-likeness (QED) is 0.0923. The van der Waals surface area contributed by atoms with Crippen LogP contribution in [0.1, 0.15) is 59.7 Å². The van der Waals surface area contributed by atoms with Crippen molar-refractivity contribution in [1.82, 2.24) is 10.8 Å². The molecule has 2 N–H and O–H groups in total. The second-order valence-electron chi connectivity index (χ2n) is 9.84. The van der Waals surface area contributed by atoms with E-state index in [0.717, 1.165) is 22.3 Å². The van der Waals surface area contributed by atoms with E-state index in [0.29, 0.717) is 6.42 Å². The van der Waals surface area contributed by atoms with Gasteiger partial charge in [-0.05, 0) is 44.4 Å². The number of ether oxygens (including phenoxy) is 3. The number of hydroxylamine groups is 1. The Hall–Kier alpha value is -4.90. The summed E-state index contributed by atoms with van der Waals surface area (Å²) in [6.07, 6.45) is 0.134. The molecule has 0 radical (unpaired) electrons. The number of nitrogens with zero attached hydrogens (tertiary/aromatic N) is 1. The van der Waals surface area contributed by atoms with E-state index >= 15 is 0 Å². The number of carbonyl (C=O) groups is 2. The lowest BCUT2D eigenvalue weighted by Gasteiger charge is -2.20. The van der Waals surface area contributed by atoms with E-state index in [1.807, 2.05) is 62.4 Å². The lowest BCUT2D eigenvalue weighted by molar-refractivity contribution is -0.386. The fourth-order valence-corrected chi connectivity index (χ4v) is 4.21. The second kappa shape index (κ2) is 15.9. The first-order chi connectivity index (χ1) is 20.6. The summed E-state index contributed by atoms with van der Waals surface area (Å²) < 4.78 is 16.0. The number of carbonyl (C=O) groups excluding carboxylic acids is 2. The minimum atomic E-state index is -0.918. The van der Waals surface area contributed by atoms with E-state index in [-0.39, 0.29) is 54.3 Å². The van der Waals surface area contributed by atoms with Crippen LogP contribution in [0.2, 0.25) is 0 Å². The molecule has 0 aliphatic carbocycles. The Balaban J connectivity index is 1.64. The summed E-state index contributed by atoms with van der Waals surface area (Å²) in [7, 11) is 1.40. The summed E-state index contributed by atoms with van der Waals surface area (Å²) >= 11 is 0. The molecule has 0 heterocycles. The molecule has 0 aromatic heterocycles. The molecule has 3 rings (SSSR count). The number of amides is 2. The Kier molecular flexibility index (Phi) is 12.1. The molecule has 3 aromatic carbocycles. The molecule has 0 saturated carbocycles. The standard InChI is InChI=1S/C32H37N3O8/c1-6-17-42-32(37)34-43-23(4)26-19-28(40-5)29(20-27(26)35(38)39)41-18-7-8-30(36)33-31(24-13-9-21(2)10-14-24)25-15-11-22(3)12-16-25/h6,9-16,19-20,23,31H,1,7-8,17-18H2,2-5H3,(H,33,36)(H,34,37). The Morgan fingerprint density at radius 3 is 2.14 bits per heavy atom. The topological polar surface area (TPSA) is 138 Å². The first kappa shape index (κ1) is 32.6. The molecule has 3 aromatic rings. The number of hydrogen-bond acceptors (Lipinski definition) is 8. The Morgan fingerprint density at radius 1 is 1.00 bits per heavy atom. The van der Waals surface area contributed by atoms with Crippen LogP contribution in [0.25, 0.3) is 0 Å². The number of nitrogens with one attached hydrogen (secondary N) is 2. The van der Waals surface area contributed by atoms with Gasteiger partial charge in [0.1, 0.15) is 12.7 Å². The van der Waals surface area contributed by atoms with Gasteiger partial charge in [0.15, 0.2) is 11.5 Å². The third kappa shape index (κ3) is 9.57. The maximum Gasteiger partial charge on any atom is 0.431 e. The fourth-order valence-electron chi connectivity index (χ4n) is 4.21. The lowest BCUT2D eigenvalue weighted by Crippen LogP contribution is -2.29. The maximum atomic E-state index is 13.0. The smallest absolute Gasteiger partial charge is 0.431 e. The van der Waals surface area contributed by atoms with Gasteiger partial charge in [0, 0.05) is 6.42 Å². The molecule has 0 saturated heterocycles. The number of nitro groups is 1. The zero-order valence-corrected chi connectivity index (χ0v) is 24.8. The third-order valence-corrected chi connectivity index (χ3v) is 6.53. The van der Waals surface area contributed by atoms with E-state index in [4.69, 9.17) is 19.0 Å². The Labute approximate surface area is 250 Å². The van der Waals surface area contributed by atoms with Gasteiger partial charge in [0.2, 0.25) is 5.91 Å². The molecular formula is C32H37N3O8. The number of nitro benzene ring substituents is 1. The molecule has 2 amide bonds. The number of methoxy groups -OCH3 is 1. The Bertz CT molecular complexity index is 1360. The monoisotopic (exact) mass is 591 g/mol. The largest absolute Gasteiger partial charge is 0.493 e. The van der Waals surface area contributed by atoms with Crippen molar-refractivity contribution in [3.63, 3.8) is 0 Å². The van der Waals surface area contributed by atoms with E-state index < -0.39 is 17.1 Å². The van der Waals surface area contributed by atoms with Crippen molar-refractivity contribution >= 4 is 17.7 Å². The minimum Gasteiger partial charge on any atom is -0.493 e. The molecule has 11 nitrogen and oxygen atoms in total. The highest BCUT2D eigenvalue weighted by atomic mass is 16.7. The molecule has 0 bridgehead atoms. The number of benzene rings is 3. The summed E-state index contributed by atoms with van der Waals surface area (Å²) in [6, 6.07) is 18.4. The van der Waals surface area contributed by atoms with Crippen molar-refractivity contribution < 1.29 is 33.6 Å². The van der Waals surface area contributed by atoms with Gasteiger partial charge in [-0.1, -0.05) is 72.3 Å². The number of aryl methyl sites for hydroxylation is 2. The van der Waals surface area contributed by atoms with E-state index in [9.17, 15) is 19.7 Å². The second-order valence-corrected chi connectivity index (χ2v) is 9.84. The molecule has 0 spiro atoms. The SMILES string of the molecule is C=CCOC(=O)NOC(C)c1cc(OC)c(OCCCC(=O)NC(c2ccc(C)cc2)c2ccc(C)cc2)cc1[N+](=O)[O-]. The van der Waals surface area contributed by atoms with Crippen LogP contribution in [0.15, 0.2) is 73.3 Å². The zero-order chi connectivity index (χ0) is 31.4. The average molecular weight is 592 g/mol. The van der Waals surface area contributed by atoms with Crippen LogP contribution in [-0.2, 0) is 14.4 Å². The summed E-state index contributed by atoms with van der Waals surface area (Å²) in [6.45, 7) is 9.08. The van der Waals surface area contributed by atoms with Crippen molar-refractivity contribution in [3.8, 4) is 11.5 Å². The zero-order valence-electron chi connectivity index (χ0n) is 24.8. The van der Waals surface area contributed by atoms with Gasteiger partial charge in [-0.15, -0.1) is 0 Å².